The van der Waals surface area contributed by atoms with Gasteiger partial charge in [0.15, 0.2) is 0 Å². The summed E-state index contributed by atoms with van der Waals surface area (Å²) in [4.78, 5) is 0. The number of allylic oxidation sites excluding steroid dienone is 1. The average Bonchev–Trinajstić information content (AvgIpc) is 2.76. The zero-order chi connectivity index (χ0) is 19.4. The van der Waals surface area contributed by atoms with Crippen molar-refractivity contribution in [2.75, 3.05) is 0 Å². The Morgan fingerprint density at radius 1 is 0.750 bits per heavy atom. The molecule has 3 aliphatic rings. The van der Waals surface area contributed by atoms with E-state index < -0.39 is 0 Å². The van der Waals surface area contributed by atoms with E-state index in [1.165, 1.54) is 89.0 Å². The summed E-state index contributed by atoms with van der Waals surface area (Å²) in [5.41, 5.74) is 3.69. The van der Waals surface area contributed by atoms with Gasteiger partial charge in [0.1, 0.15) is 0 Å². The highest BCUT2D eigenvalue weighted by atomic mass is 35.5. The summed E-state index contributed by atoms with van der Waals surface area (Å²) < 4.78 is 0. The first-order valence-electron chi connectivity index (χ1n) is 11.7. The third-order valence-corrected chi connectivity index (χ3v) is 8.93. The Kier molecular flexibility index (Phi) is 7.11. The topological polar surface area (TPSA) is 0 Å². The number of halogens is 2. The maximum Gasteiger partial charge on any atom is 0.0406 e. The zero-order valence-electron chi connectivity index (χ0n) is 17.2. The molecule has 0 unspecified atom stereocenters. The molecule has 1 aromatic rings. The molecule has 0 nitrogen and oxygen atoms in total. The van der Waals surface area contributed by atoms with Crippen molar-refractivity contribution >= 4 is 23.2 Å². The Morgan fingerprint density at radius 2 is 1.36 bits per heavy atom. The highest BCUT2D eigenvalue weighted by molar-refractivity contribution is 6.30. The van der Waals surface area contributed by atoms with Gasteiger partial charge in [-0.15, -0.1) is 0 Å². The predicted molar refractivity (Wildman–Crippen MR) is 122 cm³/mol. The second kappa shape index (κ2) is 9.57. The lowest BCUT2D eigenvalue weighted by molar-refractivity contribution is 0.0663. The summed E-state index contributed by atoms with van der Waals surface area (Å²) in [5.74, 6) is 3.54. The molecule has 0 atom stereocenters. The second-order valence-electron chi connectivity index (χ2n) is 9.86. The summed E-state index contributed by atoms with van der Waals surface area (Å²) in [6.45, 7) is 0. The normalized spacial score (nSPS) is 35.3. The molecule has 0 radical (unpaired) electrons. The van der Waals surface area contributed by atoms with Gasteiger partial charge in [0.05, 0.1) is 0 Å². The first kappa shape index (κ1) is 20.8. The Labute approximate surface area is 182 Å². The van der Waals surface area contributed by atoms with Crippen molar-refractivity contribution in [1.29, 1.82) is 0 Å². The van der Waals surface area contributed by atoms with Gasteiger partial charge >= 0.3 is 0 Å². The number of hydrogen-bond acceptors (Lipinski definition) is 0. The van der Waals surface area contributed by atoms with E-state index in [4.69, 9.17) is 23.2 Å². The van der Waals surface area contributed by atoms with E-state index in [9.17, 15) is 0 Å². The van der Waals surface area contributed by atoms with Crippen LogP contribution in [0.15, 0.2) is 35.9 Å². The van der Waals surface area contributed by atoms with Gasteiger partial charge in [-0.25, -0.2) is 0 Å². The molecule has 0 heterocycles. The van der Waals surface area contributed by atoms with Crippen molar-refractivity contribution in [3.8, 4) is 0 Å². The Balaban J connectivity index is 1.37. The molecule has 0 aliphatic heterocycles. The van der Waals surface area contributed by atoms with E-state index in [2.05, 4.69) is 18.2 Å². The van der Waals surface area contributed by atoms with E-state index in [0.29, 0.717) is 11.3 Å². The lowest BCUT2D eigenvalue weighted by atomic mass is 9.57. The van der Waals surface area contributed by atoms with Gasteiger partial charge < -0.3 is 0 Å². The van der Waals surface area contributed by atoms with Crippen molar-refractivity contribution in [2.24, 2.45) is 23.2 Å². The quantitative estimate of drug-likeness (QED) is 0.456. The third kappa shape index (κ3) is 4.65. The van der Waals surface area contributed by atoms with Crippen LogP contribution < -0.4 is 0 Å². The molecule has 0 N–H and O–H groups in total. The Morgan fingerprint density at radius 3 is 1.96 bits per heavy atom. The zero-order valence-corrected chi connectivity index (χ0v) is 18.7. The first-order valence-corrected chi connectivity index (χ1v) is 12.5. The smallest absolute Gasteiger partial charge is 0.0406 e. The number of rotatable bonds is 4. The van der Waals surface area contributed by atoms with E-state index >= 15 is 0 Å². The highest BCUT2D eigenvalue weighted by Crippen LogP contribution is 2.54. The van der Waals surface area contributed by atoms with Crippen LogP contribution in [0.3, 0.4) is 0 Å². The predicted octanol–water partition coefficient (Wildman–Crippen LogP) is 9.12. The van der Waals surface area contributed by atoms with Crippen LogP contribution in [0.1, 0.15) is 95.0 Å². The number of benzene rings is 1. The van der Waals surface area contributed by atoms with Gasteiger partial charge in [-0.05, 0) is 98.1 Å². The van der Waals surface area contributed by atoms with Crippen molar-refractivity contribution in [3.05, 3.63) is 46.5 Å². The van der Waals surface area contributed by atoms with Gasteiger partial charge in [-0.1, -0.05) is 73.5 Å². The monoisotopic (exact) mass is 418 g/mol. The molecule has 2 heteroatoms. The van der Waals surface area contributed by atoms with E-state index in [0.717, 1.165) is 22.8 Å². The Bertz CT molecular complexity index is 625. The lowest BCUT2D eigenvalue weighted by Gasteiger charge is -2.48. The summed E-state index contributed by atoms with van der Waals surface area (Å²) in [6.07, 6.45) is 20.7. The van der Waals surface area contributed by atoms with Crippen molar-refractivity contribution < 1.29 is 0 Å². The van der Waals surface area contributed by atoms with Gasteiger partial charge in [0.2, 0.25) is 0 Å². The minimum absolute atomic E-state index is 0.373. The van der Waals surface area contributed by atoms with Crippen molar-refractivity contribution in [3.63, 3.8) is 0 Å². The van der Waals surface area contributed by atoms with Crippen LogP contribution in [-0.4, -0.2) is 0 Å². The fourth-order valence-corrected chi connectivity index (χ4v) is 7.20. The second-order valence-corrected chi connectivity index (χ2v) is 10.5. The summed E-state index contributed by atoms with van der Waals surface area (Å²) >= 11 is 12.3. The minimum Gasteiger partial charge on any atom is -0.0933 e. The van der Waals surface area contributed by atoms with Crippen molar-refractivity contribution in [1.82, 2.24) is 0 Å². The largest absolute Gasteiger partial charge is 0.0933 e. The van der Waals surface area contributed by atoms with Gasteiger partial charge in [-0.2, -0.15) is 0 Å². The molecular weight excluding hydrogens is 383 g/mol. The SMILES string of the molecule is ClC=CC1(C2CCC(c3ccc(Cl)cc3)CC2)CCC(C2CCCCC2)CC1. The molecule has 4 rings (SSSR count). The molecule has 3 fully saturated rings. The van der Waals surface area contributed by atoms with Crippen LogP contribution in [0.2, 0.25) is 5.02 Å². The third-order valence-electron chi connectivity index (χ3n) is 8.55. The Hall–Kier alpha value is -0.460. The number of hydrogen-bond donors (Lipinski definition) is 0. The van der Waals surface area contributed by atoms with E-state index in [1.54, 1.807) is 0 Å². The summed E-state index contributed by atoms with van der Waals surface area (Å²) in [6, 6.07) is 8.56. The van der Waals surface area contributed by atoms with Gasteiger partial charge in [-0.3, -0.25) is 0 Å². The van der Waals surface area contributed by atoms with Crippen LogP contribution in [0.25, 0.3) is 0 Å². The highest BCUT2D eigenvalue weighted by Gasteiger charge is 2.42. The molecule has 3 saturated carbocycles. The first-order chi connectivity index (χ1) is 13.7. The van der Waals surface area contributed by atoms with Crippen LogP contribution in [0.4, 0.5) is 0 Å². The molecule has 0 saturated heterocycles. The van der Waals surface area contributed by atoms with Crippen LogP contribution in [-0.2, 0) is 0 Å². The maximum atomic E-state index is 6.18. The van der Waals surface area contributed by atoms with Gasteiger partial charge in [0, 0.05) is 10.6 Å². The standard InChI is InChI=1S/C26H36Cl2/c27-19-18-26(16-14-23(15-17-26)20-4-2-1-3-5-20)24-10-6-21(7-11-24)22-8-12-25(28)13-9-22/h8-9,12-13,18-21,23-24H,1-7,10-11,14-17H2. The summed E-state index contributed by atoms with van der Waals surface area (Å²) in [7, 11) is 0. The molecule has 0 bridgehead atoms. The summed E-state index contributed by atoms with van der Waals surface area (Å²) in [5, 5.41) is 0.846. The lowest BCUT2D eigenvalue weighted by Crippen LogP contribution is -2.37. The molecule has 0 amide bonds. The average molecular weight is 419 g/mol. The van der Waals surface area contributed by atoms with Crippen LogP contribution in [0, 0.1) is 23.2 Å². The molecule has 0 aromatic heterocycles. The van der Waals surface area contributed by atoms with Crippen LogP contribution in [0.5, 0.6) is 0 Å². The van der Waals surface area contributed by atoms with Crippen LogP contribution >= 0.6 is 23.2 Å². The van der Waals surface area contributed by atoms with E-state index in [-0.39, 0.29) is 0 Å². The molecule has 0 spiro atoms. The molecule has 154 valence electrons. The fourth-order valence-electron chi connectivity index (χ4n) is 6.83. The molecule has 28 heavy (non-hydrogen) atoms. The minimum atomic E-state index is 0.373. The molecular formula is C26H36Cl2. The molecule has 3 aliphatic carbocycles. The fraction of sp³-hybridized carbons (Fsp3) is 0.692. The van der Waals surface area contributed by atoms with Gasteiger partial charge in [0.25, 0.3) is 0 Å². The maximum absolute atomic E-state index is 6.18. The molecule has 1 aromatic carbocycles. The van der Waals surface area contributed by atoms with Crippen molar-refractivity contribution in [2.45, 2.75) is 89.4 Å². The van der Waals surface area contributed by atoms with E-state index in [1.807, 2.05) is 17.7 Å².